The number of benzene rings is 1. The molecule has 0 unspecified atom stereocenters. The Morgan fingerprint density at radius 2 is 2.06 bits per heavy atom. The standard InChI is InChI=1S/C14H16ClN3/c1-10-7-13(5-6-16)18-14(17-10)9-11-3-2-4-12(15)8-11/h2-4,7-8H,5-6,9,16H2,1H3. The van der Waals surface area contributed by atoms with Crippen LogP contribution in [0.25, 0.3) is 0 Å². The van der Waals surface area contributed by atoms with Crippen molar-refractivity contribution in [3.05, 3.63) is 58.1 Å². The molecule has 4 heteroatoms. The van der Waals surface area contributed by atoms with Crippen LogP contribution >= 0.6 is 11.6 Å². The molecule has 1 heterocycles. The monoisotopic (exact) mass is 261 g/mol. The predicted molar refractivity (Wildman–Crippen MR) is 73.8 cm³/mol. The Morgan fingerprint density at radius 3 is 2.78 bits per heavy atom. The highest BCUT2D eigenvalue weighted by Gasteiger charge is 2.04. The van der Waals surface area contributed by atoms with Gasteiger partial charge >= 0.3 is 0 Å². The first kappa shape index (κ1) is 13.0. The number of hydrogen-bond acceptors (Lipinski definition) is 3. The molecule has 0 amide bonds. The van der Waals surface area contributed by atoms with E-state index in [9.17, 15) is 0 Å². The zero-order valence-corrected chi connectivity index (χ0v) is 11.1. The van der Waals surface area contributed by atoms with E-state index < -0.39 is 0 Å². The lowest BCUT2D eigenvalue weighted by Gasteiger charge is -2.05. The first-order chi connectivity index (χ1) is 8.67. The summed E-state index contributed by atoms with van der Waals surface area (Å²) in [5.41, 5.74) is 8.65. The molecular weight excluding hydrogens is 246 g/mol. The molecule has 0 spiro atoms. The smallest absolute Gasteiger partial charge is 0.133 e. The molecule has 3 nitrogen and oxygen atoms in total. The predicted octanol–water partition coefficient (Wildman–Crippen LogP) is 2.53. The van der Waals surface area contributed by atoms with Crippen molar-refractivity contribution < 1.29 is 0 Å². The van der Waals surface area contributed by atoms with Crippen molar-refractivity contribution in [3.63, 3.8) is 0 Å². The first-order valence-corrected chi connectivity index (χ1v) is 6.33. The van der Waals surface area contributed by atoms with E-state index in [-0.39, 0.29) is 0 Å². The van der Waals surface area contributed by atoms with Gasteiger partial charge < -0.3 is 5.73 Å². The van der Waals surface area contributed by atoms with E-state index in [1.54, 1.807) is 0 Å². The van der Waals surface area contributed by atoms with Crippen molar-refractivity contribution in [1.29, 1.82) is 0 Å². The molecule has 0 aliphatic carbocycles. The summed E-state index contributed by atoms with van der Waals surface area (Å²) < 4.78 is 0. The summed E-state index contributed by atoms with van der Waals surface area (Å²) in [5.74, 6) is 0.820. The van der Waals surface area contributed by atoms with Gasteiger partial charge in [0.05, 0.1) is 0 Å². The van der Waals surface area contributed by atoms with Crippen LogP contribution in [0.5, 0.6) is 0 Å². The molecule has 18 heavy (non-hydrogen) atoms. The summed E-state index contributed by atoms with van der Waals surface area (Å²) >= 11 is 5.97. The maximum absolute atomic E-state index is 5.97. The number of nitrogens with two attached hydrogens (primary N) is 1. The van der Waals surface area contributed by atoms with Gasteiger partial charge in [0.25, 0.3) is 0 Å². The summed E-state index contributed by atoms with van der Waals surface area (Å²) in [6.07, 6.45) is 1.48. The molecule has 2 rings (SSSR count). The minimum absolute atomic E-state index is 0.604. The van der Waals surface area contributed by atoms with E-state index in [0.717, 1.165) is 34.2 Å². The third kappa shape index (κ3) is 3.52. The van der Waals surface area contributed by atoms with Gasteiger partial charge in [-0.15, -0.1) is 0 Å². The van der Waals surface area contributed by atoms with Crippen LogP contribution in [0.4, 0.5) is 0 Å². The van der Waals surface area contributed by atoms with Crippen LogP contribution in [0.1, 0.15) is 22.8 Å². The average Bonchev–Trinajstić information content (AvgIpc) is 2.28. The fraction of sp³-hybridized carbons (Fsp3) is 0.286. The van der Waals surface area contributed by atoms with Gasteiger partial charge in [-0.2, -0.15) is 0 Å². The van der Waals surface area contributed by atoms with Crippen LogP contribution in [-0.4, -0.2) is 16.5 Å². The molecule has 0 fully saturated rings. The van der Waals surface area contributed by atoms with E-state index in [4.69, 9.17) is 17.3 Å². The molecule has 1 aromatic carbocycles. The van der Waals surface area contributed by atoms with E-state index in [0.29, 0.717) is 13.0 Å². The lowest BCUT2D eigenvalue weighted by Crippen LogP contribution is -2.08. The van der Waals surface area contributed by atoms with Crippen LogP contribution in [0.2, 0.25) is 5.02 Å². The number of rotatable bonds is 4. The molecule has 0 aliphatic heterocycles. The number of nitrogens with zero attached hydrogens (tertiary/aromatic N) is 2. The summed E-state index contributed by atoms with van der Waals surface area (Å²) in [7, 11) is 0. The molecule has 0 saturated carbocycles. The lowest BCUT2D eigenvalue weighted by atomic mass is 10.1. The highest BCUT2D eigenvalue weighted by Crippen LogP contribution is 2.13. The average molecular weight is 262 g/mol. The number of aryl methyl sites for hydroxylation is 1. The summed E-state index contributed by atoms with van der Waals surface area (Å²) in [5, 5.41) is 0.738. The van der Waals surface area contributed by atoms with Crippen LogP contribution in [0.3, 0.4) is 0 Å². The molecule has 1 aromatic heterocycles. The van der Waals surface area contributed by atoms with Crippen molar-refractivity contribution in [2.45, 2.75) is 19.8 Å². The van der Waals surface area contributed by atoms with Gasteiger partial charge in [-0.1, -0.05) is 23.7 Å². The quantitative estimate of drug-likeness (QED) is 0.920. The molecule has 2 aromatic rings. The molecule has 94 valence electrons. The van der Waals surface area contributed by atoms with Gasteiger partial charge in [-0.05, 0) is 37.2 Å². The molecule has 0 bridgehead atoms. The molecule has 0 radical (unpaired) electrons. The molecule has 0 atom stereocenters. The maximum Gasteiger partial charge on any atom is 0.133 e. The van der Waals surface area contributed by atoms with E-state index >= 15 is 0 Å². The van der Waals surface area contributed by atoms with Gasteiger partial charge in [-0.25, -0.2) is 9.97 Å². The van der Waals surface area contributed by atoms with Gasteiger partial charge in [0.2, 0.25) is 0 Å². The Kier molecular flexibility index (Phi) is 4.28. The normalized spacial score (nSPS) is 10.6. The van der Waals surface area contributed by atoms with Crippen molar-refractivity contribution in [1.82, 2.24) is 9.97 Å². The highest BCUT2D eigenvalue weighted by atomic mass is 35.5. The Bertz CT molecular complexity index is 540. The third-order valence-electron chi connectivity index (χ3n) is 2.61. The first-order valence-electron chi connectivity index (χ1n) is 5.95. The van der Waals surface area contributed by atoms with E-state index in [1.807, 2.05) is 37.3 Å². The van der Waals surface area contributed by atoms with Gasteiger partial charge in [-0.3, -0.25) is 0 Å². The highest BCUT2D eigenvalue weighted by molar-refractivity contribution is 6.30. The van der Waals surface area contributed by atoms with Crippen LogP contribution in [-0.2, 0) is 12.8 Å². The SMILES string of the molecule is Cc1cc(CCN)nc(Cc2cccc(Cl)c2)n1. The van der Waals surface area contributed by atoms with Crippen LogP contribution in [0, 0.1) is 6.92 Å². The van der Waals surface area contributed by atoms with Crippen molar-refractivity contribution in [2.24, 2.45) is 5.73 Å². The number of halogens is 1. The second-order valence-corrected chi connectivity index (χ2v) is 4.70. The molecular formula is C14H16ClN3. The van der Waals surface area contributed by atoms with Gasteiger partial charge in [0, 0.05) is 29.3 Å². The Balaban J connectivity index is 2.23. The van der Waals surface area contributed by atoms with Crippen molar-refractivity contribution in [2.75, 3.05) is 6.54 Å². The van der Waals surface area contributed by atoms with Gasteiger partial charge in [0.15, 0.2) is 0 Å². The zero-order valence-electron chi connectivity index (χ0n) is 10.4. The third-order valence-corrected chi connectivity index (χ3v) is 2.84. The Hall–Kier alpha value is -1.45. The Morgan fingerprint density at radius 1 is 1.22 bits per heavy atom. The number of aromatic nitrogens is 2. The Labute approximate surface area is 112 Å². The van der Waals surface area contributed by atoms with Crippen molar-refractivity contribution >= 4 is 11.6 Å². The largest absolute Gasteiger partial charge is 0.330 e. The van der Waals surface area contributed by atoms with Crippen LogP contribution < -0.4 is 5.73 Å². The molecule has 0 saturated heterocycles. The van der Waals surface area contributed by atoms with E-state index in [2.05, 4.69) is 9.97 Å². The number of hydrogen-bond donors (Lipinski definition) is 1. The molecule has 0 aliphatic rings. The summed E-state index contributed by atoms with van der Waals surface area (Å²) in [6.45, 7) is 2.58. The topological polar surface area (TPSA) is 51.8 Å². The van der Waals surface area contributed by atoms with E-state index in [1.165, 1.54) is 0 Å². The van der Waals surface area contributed by atoms with Crippen LogP contribution in [0.15, 0.2) is 30.3 Å². The zero-order chi connectivity index (χ0) is 13.0. The minimum Gasteiger partial charge on any atom is -0.330 e. The maximum atomic E-state index is 5.97. The molecule has 2 N–H and O–H groups in total. The second-order valence-electron chi connectivity index (χ2n) is 4.26. The second kappa shape index (κ2) is 5.94. The fourth-order valence-corrected chi connectivity index (χ4v) is 2.10. The summed E-state index contributed by atoms with van der Waals surface area (Å²) in [6, 6.07) is 9.75. The summed E-state index contributed by atoms with van der Waals surface area (Å²) in [4.78, 5) is 8.96. The van der Waals surface area contributed by atoms with Gasteiger partial charge in [0.1, 0.15) is 5.82 Å². The fourth-order valence-electron chi connectivity index (χ4n) is 1.88. The van der Waals surface area contributed by atoms with Crippen molar-refractivity contribution in [3.8, 4) is 0 Å². The lowest BCUT2D eigenvalue weighted by molar-refractivity contribution is 0.853. The minimum atomic E-state index is 0.604.